The zero-order valence-corrected chi connectivity index (χ0v) is 20.6. The Bertz CT molecular complexity index is 1220. The summed E-state index contributed by atoms with van der Waals surface area (Å²) in [6.45, 7) is 1.77. The maximum atomic E-state index is 13.4. The summed E-state index contributed by atoms with van der Waals surface area (Å²) in [5.74, 6) is -2.79. The number of hydrogen-bond acceptors (Lipinski definition) is 5. The van der Waals surface area contributed by atoms with Crippen LogP contribution in [0.25, 0.3) is 0 Å². The lowest BCUT2D eigenvalue weighted by Crippen LogP contribution is -2.52. The average molecular weight is 510 g/mol. The molecule has 3 aromatic rings. The van der Waals surface area contributed by atoms with E-state index in [1.54, 1.807) is 7.11 Å². The normalized spacial score (nSPS) is 12.3. The van der Waals surface area contributed by atoms with Crippen LogP contribution in [0.4, 0.5) is 8.78 Å². The van der Waals surface area contributed by atoms with Crippen LogP contribution in [-0.4, -0.2) is 36.9 Å². The van der Waals surface area contributed by atoms with Gasteiger partial charge < -0.3 is 15.4 Å². The number of imide groups is 1. The van der Waals surface area contributed by atoms with Crippen LogP contribution in [0.2, 0.25) is 0 Å². The molecule has 0 spiro atoms. The minimum Gasteiger partial charge on any atom is -0.497 e. The lowest BCUT2D eigenvalue weighted by molar-refractivity contribution is -0.134. The highest BCUT2D eigenvalue weighted by molar-refractivity contribution is 6.01. The molecule has 0 radical (unpaired) electrons. The fraction of sp³-hybridized carbons (Fsp3) is 0.250. The highest BCUT2D eigenvalue weighted by Gasteiger charge is 2.24. The average Bonchev–Trinajstić information content (AvgIpc) is 2.86. The Hall–Kier alpha value is -4.11. The number of amides is 3. The lowest BCUT2D eigenvalue weighted by Gasteiger charge is -2.20. The molecule has 0 aliphatic rings. The van der Waals surface area contributed by atoms with Gasteiger partial charge in [0, 0.05) is 12.6 Å². The van der Waals surface area contributed by atoms with Crippen LogP contribution in [0.15, 0.2) is 72.8 Å². The molecule has 2 atom stereocenters. The number of methoxy groups -OCH3 is 1. The third kappa shape index (κ3) is 8.80. The molecule has 0 saturated heterocycles. The molecule has 3 amide bonds. The first-order valence-electron chi connectivity index (χ1n) is 11.7. The van der Waals surface area contributed by atoms with Crippen LogP contribution >= 0.6 is 0 Å². The standard InChI is InChI=1S/C28H29F2N3O4/c1-18(32-26(34)15-21-11-22(29)16-23(30)12-21)27(35)33-28(36)25(14-19-7-4-3-5-8-19)31-17-20-9-6-10-24(13-20)37-2/h3-13,16,18,25,31H,14-15,17H2,1-2H3,(H,32,34)(H,33,35,36)/t18-,25-/m0/s1. The van der Waals surface area contributed by atoms with E-state index in [-0.39, 0.29) is 12.0 Å². The number of halogens is 2. The first kappa shape index (κ1) is 27.5. The zero-order valence-electron chi connectivity index (χ0n) is 20.6. The van der Waals surface area contributed by atoms with Gasteiger partial charge in [0.2, 0.25) is 17.7 Å². The van der Waals surface area contributed by atoms with Gasteiger partial charge in [0.25, 0.3) is 0 Å². The molecule has 0 aromatic heterocycles. The number of carbonyl (C=O) groups excluding carboxylic acids is 3. The SMILES string of the molecule is COc1cccc(CN[C@@H](Cc2ccccc2)C(=O)NC(=O)[C@H](C)NC(=O)Cc2cc(F)cc(F)c2)c1. The number of hydrogen-bond donors (Lipinski definition) is 3. The molecule has 3 N–H and O–H groups in total. The summed E-state index contributed by atoms with van der Waals surface area (Å²) in [6.07, 6.45) is 0.00870. The predicted molar refractivity (Wildman–Crippen MR) is 135 cm³/mol. The van der Waals surface area contributed by atoms with E-state index in [0.717, 1.165) is 23.3 Å². The quantitative estimate of drug-likeness (QED) is 0.369. The summed E-state index contributed by atoms with van der Waals surface area (Å²) >= 11 is 0. The van der Waals surface area contributed by atoms with E-state index in [1.165, 1.54) is 6.92 Å². The molecule has 194 valence electrons. The Balaban J connectivity index is 1.61. The molecule has 0 saturated carbocycles. The maximum Gasteiger partial charge on any atom is 0.248 e. The van der Waals surface area contributed by atoms with Crippen LogP contribution in [0.3, 0.4) is 0 Å². The second kappa shape index (κ2) is 13.3. The summed E-state index contributed by atoms with van der Waals surface area (Å²) < 4.78 is 32.0. The van der Waals surface area contributed by atoms with Crippen LogP contribution in [0.1, 0.15) is 23.6 Å². The van der Waals surface area contributed by atoms with E-state index >= 15 is 0 Å². The van der Waals surface area contributed by atoms with Crippen molar-refractivity contribution in [3.05, 3.63) is 101 Å². The number of nitrogens with one attached hydrogen (secondary N) is 3. The van der Waals surface area contributed by atoms with Crippen molar-refractivity contribution in [3.63, 3.8) is 0 Å². The zero-order chi connectivity index (χ0) is 26.8. The molecule has 0 unspecified atom stereocenters. The maximum absolute atomic E-state index is 13.4. The molecule has 0 heterocycles. The van der Waals surface area contributed by atoms with Gasteiger partial charge in [-0.3, -0.25) is 19.7 Å². The molecule has 3 aromatic carbocycles. The van der Waals surface area contributed by atoms with E-state index in [0.29, 0.717) is 24.8 Å². The largest absolute Gasteiger partial charge is 0.497 e. The first-order chi connectivity index (χ1) is 17.7. The van der Waals surface area contributed by atoms with Crippen LogP contribution < -0.4 is 20.7 Å². The molecule has 9 heteroatoms. The third-order valence-electron chi connectivity index (χ3n) is 5.59. The van der Waals surface area contributed by atoms with Crippen molar-refractivity contribution in [1.29, 1.82) is 0 Å². The van der Waals surface area contributed by atoms with Crippen molar-refractivity contribution < 1.29 is 27.9 Å². The first-order valence-corrected chi connectivity index (χ1v) is 11.7. The minimum absolute atomic E-state index is 0.128. The topological polar surface area (TPSA) is 96.5 Å². The van der Waals surface area contributed by atoms with Gasteiger partial charge in [-0.15, -0.1) is 0 Å². The minimum atomic E-state index is -1.05. The summed E-state index contributed by atoms with van der Waals surface area (Å²) in [5.41, 5.74) is 1.92. The summed E-state index contributed by atoms with van der Waals surface area (Å²) in [4.78, 5) is 38.0. The number of ether oxygens (including phenoxy) is 1. The van der Waals surface area contributed by atoms with Gasteiger partial charge >= 0.3 is 0 Å². The predicted octanol–water partition coefficient (Wildman–Crippen LogP) is 3.06. The van der Waals surface area contributed by atoms with E-state index in [9.17, 15) is 23.2 Å². The van der Waals surface area contributed by atoms with Gasteiger partial charge in [-0.2, -0.15) is 0 Å². The fourth-order valence-electron chi connectivity index (χ4n) is 3.70. The monoisotopic (exact) mass is 509 g/mol. The van der Waals surface area contributed by atoms with Gasteiger partial charge in [0.1, 0.15) is 23.4 Å². The molecule has 0 aliphatic heterocycles. The van der Waals surface area contributed by atoms with Crippen LogP contribution in [0, 0.1) is 11.6 Å². The van der Waals surface area contributed by atoms with E-state index in [1.807, 2.05) is 54.6 Å². The van der Waals surface area contributed by atoms with E-state index in [4.69, 9.17) is 4.74 Å². The van der Waals surface area contributed by atoms with Crippen molar-refractivity contribution in [1.82, 2.24) is 16.0 Å². The molecule has 7 nitrogen and oxygen atoms in total. The summed E-state index contributed by atoms with van der Waals surface area (Å²) in [7, 11) is 1.57. The number of benzene rings is 3. The summed E-state index contributed by atoms with van der Waals surface area (Å²) in [6, 6.07) is 17.7. The third-order valence-corrected chi connectivity index (χ3v) is 5.59. The molecule has 0 fully saturated rings. The van der Waals surface area contributed by atoms with Crippen LogP contribution in [-0.2, 0) is 33.8 Å². The lowest BCUT2D eigenvalue weighted by atomic mass is 10.0. The van der Waals surface area contributed by atoms with Crippen LogP contribution in [0.5, 0.6) is 5.75 Å². The van der Waals surface area contributed by atoms with E-state index < -0.39 is 41.4 Å². The van der Waals surface area contributed by atoms with Crippen molar-refractivity contribution in [3.8, 4) is 5.75 Å². The molecule has 0 bridgehead atoms. The van der Waals surface area contributed by atoms with Gasteiger partial charge in [-0.1, -0.05) is 42.5 Å². The Morgan fingerprint density at radius 2 is 1.51 bits per heavy atom. The molecular formula is C28H29F2N3O4. The summed E-state index contributed by atoms with van der Waals surface area (Å²) in [5, 5.41) is 7.98. The second-order valence-corrected chi connectivity index (χ2v) is 8.57. The highest BCUT2D eigenvalue weighted by atomic mass is 19.1. The fourth-order valence-corrected chi connectivity index (χ4v) is 3.70. The van der Waals surface area contributed by atoms with Gasteiger partial charge in [-0.25, -0.2) is 8.78 Å². The molecule has 37 heavy (non-hydrogen) atoms. The van der Waals surface area contributed by atoms with Crippen molar-refractivity contribution in [2.75, 3.05) is 7.11 Å². The highest BCUT2D eigenvalue weighted by Crippen LogP contribution is 2.13. The van der Waals surface area contributed by atoms with E-state index in [2.05, 4.69) is 16.0 Å². The van der Waals surface area contributed by atoms with Gasteiger partial charge in [0.15, 0.2) is 0 Å². The van der Waals surface area contributed by atoms with Crippen molar-refractivity contribution in [2.24, 2.45) is 0 Å². The Labute approximate surface area is 214 Å². The Morgan fingerprint density at radius 1 is 0.838 bits per heavy atom. The Kier molecular flexibility index (Phi) is 9.85. The second-order valence-electron chi connectivity index (χ2n) is 8.57. The van der Waals surface area contributed by atoms with Crippen molar-refractivity contribution >= 4 is 17.7 Å². The smallest absolute Gasteiger partial charge is 0.248 e. The molecule has 3 rings (SSSR count). The number of rotatable bonds is 11. The number of carbonyl (C=O) groups is 3. The molecule has 0 aliphatic carbocycles. The van der Waals surface area contributed by atoms with Gasteiger partial charge in [0.05, 0.1) is 19.6 Å². The van der Waals surface area contributed by atoms with Gasteiger partial charge in [-0.05, 0) is 54.3 Å². The molecular weight excluding hydrogens is 480 g/mol. The Morgan fingerprint density at radius 3 is 2.19 bits per heavy atom. The van der Waals surface area contributed by atoms with Crippen molar-refractivity contribution in [2.45, 2.75) is 38.4 Å².